The average Bonchev–Trinajstić information content (AvgIpc) is 3.13. The van der Waals surface area contributed by atoms with Crippen molar-refractivity contribution >= 4 is 11.7 Å². The van der Waals surface area contributed by atoms with Crippen LogP contribution in [0.4, 0.5) is 14.6 Å². The summed E-state index contributed by atoms with van der Waals surface area (Å²) in [7, 11) is 0. The molecule has 0 aromatic carbocycles. The quantitative estimate of drug-likeness (QED) is 0.581. The van der Waals surface area contributed by atoms with Gasteiger partial charge in [0.1, 0.15) is 12.8 Å². The summed E-state index contributed by atoms with van der Waals surface area (Å²) in [5, 5.41) is 11.3. The van der Waals surface area contributed by atoms with Gasteiger partial charge in [-0.1, -0.05) is 25.2 Å². The minimum atomic E-state index is -0.855. The van der Waals surface area contributed by atoms with E-state index in [4.69, 9.17) is 9.84 Å². The number of allylic oxidation sites excluding steroid dienone is 2. The number of ether oxygens (including phenoxy) is 1. The molecule has 148 valence electrons. The van der Waals surface area contributed by atoms with Crippen LogP contribution < -0.4 is 11.0 Å². The van der Waals surface area contributed by atoms with E-state index in [1.807, 2.05) is 6.92 Å². The number of carbonyl (C=O) groups excluding carboxylic acids is 1. The fourth-order valence-electron chi connectivity index (χ4n) is 2.07. The molecule has 0 radical (unpaired) electrons. The van der Waals surface area contributed by atoms with Crippen LogP contribution in [0.25, 0.3) is 0 Å². The smallest absolute Gasteiger partial charge is 0.352 e. The molecule has 2 heterocycles. The Morgan fingerprint density at radius 1 is 1.52 bits per heavy atom. The molecule has 2 rings (SSSR count). The molecule has 2 unspecified atom stereocenters. The predicted octanol–water partition coefficient (Wildman–Crippen LogP) is 2.26. The number of nitrogens with zero attached hydrogens (tertiary/aromatic N) is 2. The van der Waals surface area contributed by atoms with Crippen molar-refractivity contribution in [2.75, 3.05) is 18.6 Å². The number of anilines is 1. The van der Waals surface area contributed by atoms with E-state index in [1.165, 1.54) is 12.2 Å². The summed E-state index contributed by atoms with van der Waals surface area (Å²) in [5.74, 6) is -1.81. The number of alkyl halides is 1. The molecule has 1 amide bonds. The molecule has 2 atom stereocenters. The Hall–Kier alpha value is -2.65. The number of halogens is 2. The van der Waals surface area contributed by atoms with Crippen LogP contribution in [0.3, 0.4) is 0 Å². The molecule has 27 heavy (non-hydrogen) atoms. The minimum Gasteiger partial charge on any atom is -0.393 e. The maximum absolute atomic E-state index is 14.1. The summed E-state index contributed by atoms with van der Waals surface area (Å²) in [6, 6.07) is 0. The SMILES string of the molecule is C=CCF.CC/C=C(\C)C(=O)Nc1nc(=O)n(C2C=CC(CO)O2)cc1F. The Kier molecular flexibility index (Phi) is 9.24. The average molecular weight is 383 g/mol. The molecule has 1 aromatic heterocycles. The minimum absolute atomic E-state index is 0.241. The zero-order chi connectivity index (χ0) is 20.4. The fourth-order valence-corrected chi connectivity index (χ4v) is 2.07. The molecular weight excluding hydrogens is 360 g/mol. The second-order valence-corrected chi connectivity index (χ2v) is 5.45. The van der Waals surface area contributed by atoms with E-state index in [0.29, 0.717) is 12.0 Å². The van der Waals surface area contributed by atoms with Crippen molar-refractivity contribution in [1.82, 2.24) is 9.55 Å². The third-order valence-electron chi connectivity index (χ3n) is 3.38. The van der Waals surface area contributed by atoms with Crippen molar-refractivity contribution in [3.8, 4) is 0 Å². The molecule has 0 saturated heterocycles. The summed E-state index contributed by atoms with van der Waals surface area (Å²) in [6.07, 6.45) is 6.18. The summed E-state index contributed by atoms with van der Waals surface area (Å²) in [6.45, 7) is 5.90. The van der Waals surface area contributed by atoms with Crippen molar-refractivity contribution in [3.05, 3.63) is 59.0 Å². The highest BCUT2D eigenvalue weighted by atomic mass is 19.1. The van der Waals surface area contributed by atoms with E-state index in [9.17, 15) is 18.4 Å². The molecule has 0 aliphatic carbocycles. The van der Waals surface area contributed by atoms with Crippen molar-refractivity contribution in [1.29, 1.82) is 0 Å². The first-order chi connectivity index (χ1) is 12.9. The highest BCUT2D eigenvalue weighted by molar-refractivity contribution is 6.02. The molecule has 7 nitrogen and oxygen atoms in total. The first kappa shape index (κ1) is 22.4. The maximum atomic E-state index is 14.1. The number of hydrogen-bond donors (Lipinski definition) is 2. The van der Waals surface area contributed by atoms with Crippen LogP contribution in [0.15, 0.2) is 47.4 Å². The van der Waals surface area contributed by atoms with Crippen LogP contribution in [-0.4, -0.2) is 40.0 Å². The topological polar surface area (TPSA) is 93.5 Å². The monoisotopic (exact) mass is 383 g/mol. The maximum Gasteiger partial charge on any atom is 0.352 e. The molecule has 2 N–H and O–H groups in total. The van der Waals surface area contributed by atoms with Gasteiger partial charge in [0.15, 0.2) is 17.9 Å². The largest absolute Gasteiger partial charge is 0.393 e. The first-order valence-electron chi connectivity index (χ1n) is 8.26. The molecule has 0 spiro atoms. The zero-order valence-corrected chi connectivity index (χ0v) is 15.2. The molecule has 1 aliphatic heterocycles. The molecule has 1 aromatic rings. The highest BCUT2D eigenvalue weighted by Gasteiger charge is 2.23. The fraction of sp³-hybridized carbons (Fsp3) is 0.389. The number of carbonyl (C=O) groups is 1. The van der Waals surface area contributed by atoms with Crippen molar-refractivity contribution in [3.63, 3.8) is 0 Å². The van der Waals surface area contributed by atoms with E-state index in [-0.39, 0.29) is 6.61 Å². The lowest BCUT2D eigenvalue weighted by atomic mass is 10.2. The van der Waals surface area contributed by atoms with Crippen LogP contribution in [0.1, 0.15) is 26.5 Å². The van der Waals surface area contributed by atoms with Crippen LogP contribution in [0.5, 0.6) is 0 Å². The molecule has 1 aliphatic rings. The summed E-state index contributed by atoms with van der Waals surface area (Å²) >= 11 is 0. The second-order valence-electron chi connectivity index (χ2n) is 5.45. The van der Waals surface area contributed by atoms with Gasteiger partial charge >= 0.3 is 5.69 Å². The molecule has 9 heteroatoms. The van der Waals surface area contributed by atoms with Gasteiger partial charge < -0.3 is 15.2 Å². The molecule has 0 saturated carbocycles. The van der Waals surface area contributed by atoms with Gasteiger partial charge in [0.25, 0.3) is 5.91 Å². The van der Waals surface area contributed by atoms with Gasteiger partial charge in [-0.15, -0.1) is 6.58 Å². The van der Waals surface area contributed by atoms with Crippen molar-refractivity contribution < 1.29 is 23.4 Å². The number of rotatable bonds is 6. The number of aliphatic hydroxyl groups is 1. The Morgan fingerprint density at radius 3 is 2.70 bits per heavy atom. The van der Waals surface area contributed by atoms with E-state index >= 15 is 0 Å². The molecule has 0 fully saturated rings. The lowest BCUT2D eigenvalue weighted by Gasteiger charge is -2.15. The van der Waals surface area contributed by atoms with Gasteiger partial charge in [-0.2, -0.15) is 4.98 Å². The van der Waals surface area contributed by atoms with Crippen LogP contribution in [0, 0.1) is 5.82 Å². The van der Waals surface area contributed by atoms with Gasteiger partial charge in [-0.3, -0.25) is 9.36 Å². The highest BCUT2D eigenvalue weighted by Crippen LogP contribution is 2.20. The lowest BCUT2D eigenvalue weighted by Crippen LogP contribution is -2.30. The van der Waals surface area contributed by atoms with Crippen molar-refractivity contribution in [2.45, 2.75) is 32.6 Å². The number of aliphatic hydroxyl groups excluding tert-OH is 1. The zero-order valence-electron chi connectivity index (χ0n) is 15.2. The number of nitrogens with one attached hydrogen (secondary N) is 1. The van der Waals surface area contributed by atoms with E-state index in [1.54, 1.807) is 19.1 Å². The second kappa shape index (κ2) is 11.1. The number of hydrogen-bond acceptors (Lipinski definition) is 5. The predicted molar refractivity (Wildman–Crippen MR) is 97.4 cm³/mol. The van der Waals surface area contributed by atoms with E-state index < -0.39 is 42.2 Å². The van der Waals surface area contributed by atoms with Gasteiger partial charge in [-0.25, -0.2) is 13.6 Å². The van der Waals surface area contributed by atoms with Gasteiger partial charge in [0.05, 0.1) is 12.8 Å². The summed E-state index contributed by atoms with van der Waals surface area (Å²) in [4.78, 5) is 27.4. The van der Waals surface area contributed by atoms with Gasteiger partial charge in [0.2, 0.25) is 0 Å². The standard InChI is InChI=1S/C15H18FN3O4.C3H5F/c1-3-4-9(2)14(21)17-13-11(16)7-19(15(22)18-13)12-6-5-10(8-20)23-12;1-2-3-4/h4-7,10,12,20H,3,8H2,1-2H3,(H,17,18,21,22);2H,1,3H2/b9-4+;. The first-order valence-corrected chi connectivity index (χ1v) is 8.26. The third kappa shape index (κ3) is 6.54. The Bertz CT molecular complexity index is 774. The summed E-state index contributed by atoms with van der Waals surface area (Å²) < 4.78 is 31.0. The van der Waals surface area contributed by atoms with Crippen molar-refractivity contribution in [2.24, 2.45) is 0 Å². The van der Waals surface area contributed by atoms with Gasteiger partial charge in [-0.05, 0) is 19.4 Å². The van der Waals surface area contributed by atoms with E-state index in [2.05, 4.69) is 16.9 Å². The third-order valence-corrected chi connectivity index (χ3v) is 3.38. The Balaban J connectivity index is 0.000000828. The van der Waals surface area contributed by atoms with Crippen LogP contribution in [-0.2, 0) is 9.53 Å². The Morgan fingerprint density at radius 2 is 2.19 bits per heavy atom. The Labute approximate surface area is 155 Å². The lowest BCUT2D eigenvalue weighted by molar-refractivity contribution is -0.112. The number of aromatic nitrogens is 2. The van der Waals surface area contributed by atoms with E-state index in [0.717, 1.165) is 10.8 Å². The van der Waals surface area contributed by atoms with Gasteiger partial charge in [0, 0.05) is 5.57 Å². The van der Waals surface area contributed by atoms with Crippen LogP contribution >= 0.6 is 0 Å². The normalized spacial score (nSPS) is 18.6. The number of amides is 1. The van der Waals surface area contributed by atoms with Crippen LogP contribution in [0.2, 0.25) is 0 Å². The summed E-state index contributed by atoms with van der Waals surface area (Å²) in [5.41, 5.74) is -0.363. The molecular formula is C18H23F2N3O4. The molecule has 0 bridgehead atoms.